The molecule has 0 radical (unpaired) electrons. The maximum atomic E-state index is 12.3. The van der Waals surface area contributed by atoms with Gasteiger partial charge in [-0.2, -0.15) is 13.2 Å². The predicted octanol–water partition coefficient (Wildman–Crippen LogP) is 1.69. The van der Waals surface area contributed by atoms with Crippen molar-refractivity contribution in [1.29, 1.82) is 5.41 Å². The Balaban J connectivity index is 3.37. The quantitative estimate of drug-likeness (QED) is 0.539. The Morgan fingerprint density at radius 1 is 1.50 bits per heavy atom. The van der Waals surface area contributed by atoms with Gasteiger partial charge in [-0.3, -0.25) is 10.4 Å². The van der Waals surface area contributed by atoms with Gasteiger partial charge in [0, 0.05) is 11.8 Å². The number of nitrogens with one attached hydrogen (secondary N) is 1. The van der Waals surface area contributed by atoms with Crippen LogP contribution in [0.5, 0.6) is 0 Å². The molecular formula is C8H8F3N3. The molecule has 0 aliphatic heterocycles. The first-order chi connectivity index (χ1) is 6.32. The van der Waals surface area contributed by atoms with Gasteiger partial charge < -0.3 is 5.73 Å². The molecule has 1 rings (SSSR count). The van der Waals surface area contributed by atoms with Gasteiger partial charge in [0.2, 0.25) is 0 Å². The van der Waals surface area contributed by atoms with Crippen molar-refractivity contribution in [1.82, 2.24) is 4.98 Å². The van der Waals surface area contributed by atoms with Crippen molar-refractivity contribution in [3.8, 4) is 0 Å². The summed E-state index contributed by atoms with van der Waals surface area (Å²) in [5.74, 6) is -0.631. The zero-order chi connectivity index (χ0) is 10.9. The number of halogens is 3. The van der Waals surface area contributed by atoms with Crippen molar-refractivity contribution < 1.29 is 13.2 Å². The summed E-state index contributed by atoms with van der Waals surface area (Å²) in [5.41, 5.74) is 4.06. The van der Waals surface area contributed by atoms with Crippen molar-refractivity contribution in [2.75, 3.05) is 0 Å². The summed E-state index contributed by atoms with van der Waals surface area (Å²) in [7, 11) is 0. The molecule has 0 unspecified atom stereocenters. The number of hydrogen-bond donors (Lipinski definition) is 2. The fourth-order valence-electron chi connectivity index (χ4n) is 1.00. The van der Waals surface area contributed by atoms with Gasteiger partial charge in [-0.15, -0.1) is 0 Å². The van der Waals surface area contributed by atoms with E-state index in [1.54, 1.807) is 6.92 Å². The highest BCUT2D eigenvalue weighted by molar-refractivity contribution is 5.96. The Morgan fingerprint density at radius 3 is 2.50 bits per heavy atom. The van der Waals surface area contributed by atoms with Gasteiger partial charge >= 0.3 is 6.18 Å². The molecule has 1 heterocycles. The molecule has 0 saturated carbocycles. The number of nitrogens with two attached hydrogens (primary N) is 1. The van der Waals surface area contributed by atoms with E-state index in [4.69, 9.17) is 11.1 Å². The third-order valence-corrected chi connectivity index (χ3v) is 1.58. The molecule has 1 aromatic heterocycles. The smallest absolute Gasteiger partial charge is 0.384 e. The Kier molecular flexibility index (Phi) is 2.46. The summed E-state index contributed by atoms with van der Waals surface area (Å²) in [5, 5.41) is 6.99. The van der Waals surface area contributed by atoms with E-state index in [1.165, 1.54) is 6.07 Å². The second-order valence-corrected chi connectivity index (χ2v) is 2.82. The highest BCUT2D eigenvalue weighted by Gasteiger charge is 2.35. The van der Waals surface area contributed by atoms with Crippen LogP contribution in [0.3, 0.4) is 0 Å². The van der Waals surface area contributed by atoms with Crippen LogP contribution >= 0.6 is 0 Å². The molecule has 0 amide bonds. The second-order valence-electron chi connectivity index (χ2n) is 2.82. The van der Waals surface area contributed by atoms with E-state index >= 15 is 0 Å². The molecule has 76 valence electrons. The zero-order valence-electron chi connectivity index (χ0n) is 7.31. The predicted molar refractivity (Wildman–Crippen MR) is 45.0 cm³/mol. The molecule has 14 heavy (non-hydrogen) atoms. The fourth-order valence-corrected chi connectivity index (χ4v) is 1.00. The SMILES string of the molecule is Cc1cnc(C(F)(F)F)c(C(=N)N)c1. The summed E-state index contributed by atoms with van der Waals surface area (Å²) < 4.78 is 37.0. The number of alkyl halides is 3. The lowest BCUT2D eigenvalue weighted by atomic mass is 10.1. The van der Waals surface area contributed by atoms with Crippen molar-refractivity contribution >= 4 is 5.84 Å². The third kappa shape index (κ3) is 2.01. The Labute approximate surface area is 78.3 Å². The topological polar surface area (TPSA) is 62.8 Å². The number of nitrogen functional groups attached to an aromatic ring is 1. The minimum atomic E-state index is -4.57. The summed E-state index contributed by atoms with van der Waals surface area (Å²) >= 11 is 0. The first-order valence-corrected chi connectivity index (χ1v) is 3.70. The maximum Gasteiger partial charge on any atom is 0.434 e. The van der Waals surface area contributed by atoms with Crippen LogP contribution in [0.1, 0.15) is 16.8 Å². The van der Waals surface area contributed by atoms with Crippen molar-refractivity contribution in [2.24, 2.45) is 5.73 Å². The molecule has 3 N–H and O–H groups in total. The molecule has 0 atom stereocenters. The van der Waals surface area contributed by atoms with Gasteiger partial charge in [-0.25, -0.2) is 0 Å². The van der Waals surface area contributed by atoms with E-state index in [1.807, 2.05) is 0 Å². The molecule has 6 heteroatoms. The minimum absolute atomic E-state index is 0.377. The third-order valence-electron chi connectivity index (χ3n) is 1.58. The van der Waals surface area contributed by atoms with E-state index in [0.29, 0.717) is 5.56 Å². The molecule has 3 nitrogen and oxygen atoms in total. The van der Waals surface area contributed by atoms with Crippen LogP contribution in [-0.2, 0) is 6.18 Å². The maximum absolute atomic E-state index is 12.3. The number of aryl methyl sites for hydroxylation is 1. The average Bonchev–Trinajstić information content (AvgIpc) is 2.01. The van der Waals surface area contributed by atoms with Crippen LogP contribution in [0, 0.1) is 12.3 Å². The van der Waals surface area contributed by atoms with Crippen molar-refractivity contribution in [2.45, 2.75) is 13.1 Å². The van der Waals surface area contributed by atoms with Crippen LogP contribution in [0.15, 0.2) is 12.3 Å². The highest BCUT2D eigenvalue weighted by atomic mass is 19.4. The summed E-state index contributed by atoms with van der Waals surface area (Å²) in [4.78, 5) is 3.22. The van der Waals surface area contributed by atoms with Gasteiger partial charge in [-0.05, 0) is 18.6 Å². The number of aromatic nitrogens is 1. The fraction of sp³-hybridized carbons (Fsp3) is 0.250. The average molecular weight is 203 g/mol. The number of hydrogen-bond acceptors (Lipinski definition) is 2. The monoisotopic (exact) mass is 203 g/mol. The normalized spacial score (nSPS) is 11.4. The first kappa shape index (κ1) is 10.5. The Hall–Kier alpha value is -1.59. The molecule has 0 fully saturated rings. The van der Waals surface area contributed by atoms with Crippen LogP contribution in [0.25, 0.3) is 0 Å². The van der Waals surface area contributed by atoms with Crippen molar-refractivity contribution in [3.05, 3.63) is 29.1 Å². The molecule has 0 saturated heterocycles. The highest BCUT2D eigenvalue weighted by Crippen LogP contribution is 2.30. The van der Waals surface area contributed by atoms with Gasteiger partial charge in [-0.1, -0.05) is 0 Å². The summed E-state index contributed by atoms with van der Waals surface area (Å²) in [6, 6.07) is 1.19. The standard InChI is InChI=1S/C8H8F3N3/c1-4-2-5(7(12)13)6(14-3-4)8(9,10)11/h2-3H,1H3,(H3,12,13). The van der Waals surface area contributed by atoms with Crippen LogP contribution in [0.2, 0.25) is 0 Å². The largest absolute Gasteiger partial charge is 0.434 e. The molecule has 0 aliphatic rings. The van der Waals surface area contributed by atoms with Crippen LogP contribution < -0.4 is 5.73 Å². The second kappa shape index (κ2) is 3.28. The van der Waals surface area contributed by atoms with E-state index in [2.05, 4.69) is 4.98 Å². The summed E-state index contributed by atoms with van der Waals surface area (Å²) in [6.07, 6.45) is -3.48. The molecule has 0 spiro atoms. The lowest BCUT2D eigenvalue weighted by Gasteiger charge is -2.10. The molecular weight excluding hydrogens is 195 g/mol. The van der Waals surface area contributed by atoms with Crippen LogP contribution in [0.4, 0.5) is 13.2 Å². The number of nitrogens with zero attached hydrogens (tertiary/aromatic N) is 1. The molecule has 1 aromatic rings. The zero-order valence-corrected chi connectivity index (χ0v) is 7.31. The number of pyridine rings is 1. The van der Waals surface area contributed by atoms with E-state index in [-0.39, 0.29) is 5.56 Å². The van der Waals surface area contributed by atoms with E-state index in [0.717, 1.165) is 6.20 Å². The number of rotatable bonds is 1. The lowest BCUT2D eigenvalue weighted by Crippen LogP contribution is -2.20. The van der Waals surface area contributed by atoms with Gasteiger partial charge in [0.1, 0.15) is 5.84 Å². The first-order valence-electron chi connectivity index (χ1n) is 3.70. The van der Waals surface area contributed by atoms with Gasteiger partial charge in [0.25, 0.3) is 0 Å². The van der Waals surface area contributed by atoms with Crippen molar-refractivity contribution in [3.63, 3.8) is 0 Å². The summed E-state index contributed by atoms with van der Waals surface area (Å²) in [6.45, 7) is 1.58. The van der Waals surface area contributed by atoms with Gasteiger partial charge in [0.15, 0.2) is 5.69 Å². The Morgan fingerprint density at radius 2 is 2.07 bits per heavy atom. The van der Waals surface area contributed by atoms with E-state index < -0.39 is 17.7 Å². The minimum Gasteiger partial charge on any atom is -0.384 e. The molecule has 0 aliphatic carbocycles. The van der Waals surface area contributed by atoms with E-state index in [9.17, 15) is 13.2 Å². The van der Waals surface area contributed by atoms with Crippen LogP contribution in [-0.4, -0.2) is 10.8 Å². The molecule has 0 aromatic carbocycles. The number of amidine groups is 1. The Bertz CT molecular complexity index is 371. The van der Waals surface area contributed by atoms with Gasteiger partial charge in [0.05, 0.1) is 0 Å². The molecule has 0 bridgehead atoms. The lowest BCUT2D eigenvalue weighted by molar-refractivity contribution is -0.141.